The van der Waals surface area contributed by atoms with Crippen molar-refractivity contribution >= 4 is 21.4 Å². The average molecular weight is 306 g/mol. The van der Waals surface area contributed by atoms with Crippen LogP contribution in [0.3, 0.4) is 0 Å². The maximum Gasteiger partial charge on any atom is 0.279 e. The largest absolute Gasteiger partial charge is 0.279 e. The van der Waals surface area contributed by atoms with Crippen LogP contribution in [-0.2, 0) is 0 Å². The van der Waals surface area contributed by atoms with Crippen molar-refractivity contribution in [3.05, 3.63) is 71.3 Å². The Morgan fingerprint density at radius 3 is 2.73 bits per heavy atom. The van der Waals surface area contributed by atoms with E-state index in [0.29, 0.717) is 21.9 Å². The molecule has 1 aromatic carbocycles. The standard InChI is InChI=1S/C16H10N4OS/c21-15-11-5-1-2-7-13(11)22-16(19-15)12-6-3-8-14(18-12)20-10-4-9-17-20/h1-10H. The Balaban J connectivity index is 1.89. The van der Waals surface area contributed by atoms with E-state index in [9.17, 15) is 4.79 Å². The number of hydrogen-bond acceptors (Lipinski definition) is 5. The van der Waals surface area contributed by atoms with Gasteiger partial charge in [-0.15, -0.1) is 11.3 Å². The lowest BCUT2D eigenvalue weighted by atomic mass is 10.3. The summed E-state index contributed by atoms with van der Waals surface area (Å²) in [7, 11) is 0. The first-order valence-electron chi connectivity index (χ1n) is 6.68. The third kappa shape index (κ3) is 2.19. The van der Waals surface area contributed by atoms with Gasteiger partial charge < -0.3 is 0 Å². The van der Waals surface area contributed by atoms with E-state index in [1.165, 1.54) is 11.3 Å². The Bertz CT molecular complexity index is 1010. The molecule has 0 aliphatic rings. The minimum atomic E-state index is -0.226. The van der Waals surface area contributed by atoms with Crippen molar-refractivity contribution in [1.82, 2.24) is 19.7 Å². The van der Waals surface area contributed by atoms with Gasteiger partial charge in [0, 0.05) is 17.1 Å². The van der Waals surface area contributed by atoms with E-state index >= 15 is 0 Å². The van der Waals surface area contributed by atoms with Crippen molar-refractivity contribution in [2.45, 2.75) is 0 Å². The SMILES string of the molecule is O=c1nc(-c2cccc(-n3cccn3)n2)sc2ccccc12. The number of benzene rings is 1. The highest BCUT2D eigenvalue weighted by Crippen LogP contribution is 2.24. The molecule has 0 fully saturated rings. The van der Waals surface area contributed by atoms with Gasteiger partial charge in [0.05, 0.1) is 5.39 Å². The summed E-state index contributed by atoms with van der Waals surface area (Å²) in [6, 6.07) is 14.9. The zero-order valence-electron chi connectivity index (χ0n) is 11.4. The molecule has 5 nitrogen and oxygen atoms in total. The Labute approximate surface area is 129 Å². The minimum Gasteiger partial charge on any atom is -0.267 e. The van der Waals surface area contributed by atoms with Gasteiger partial charge in [-0.25, -0.2) is 9.67 Å². The molecule has 6 heteroatoms. The van der Waals surface area contributed by atoms with Gasteiger partial charge >= 0.3 is 0 Å². The van der Waals surface area contributed by atoms with Gasteiger partial charge in [-0.3, -0.25) is 4.79 Å². The first kappa shape index (κ1) is 12.8. The molecule has 106 valence electrons. The molecule has 0 atom stereocenters. The quantitative estimate of drug-likeness (QED) is 0.571. The van der Waals surface area contributed by atoms with E-state index in [0.717, 1.165) is 4.70 Å². The number of hydrogen-bond donors (Lipinski definition) is 0. The monoisotopic (exact) mass is 306 g/mol. The molecule has 4 aromatic rings. The van der Waals surface area contributed by atoms with Crippen molar-refractivity contribution in [3.8, 4) is 16.5 Å². The van der Waals surface area contributed by atoms with Gasteiger partial charge in [-0.05, 0) is 30.3 Å². The lowest BCUT2D eigenvalue weighted by Crippen LogP contribution is -2.06. The summed E-state index contributed by atoms with van der Waals surface area (Å²) in [5, 5.41) is 5.41. The second-order valence-electron chi connectivity index (χ2n) is 4.65. The van der Waals surface area contributed by atoms with Gasteiger partial charge in [0.2, 0.25) is 0 Å². The molecule has 0 saturated heterocycles. The molecule has 4 rings (SSSR count). The Hall–Kier alpha value is -2.86. The first-order valence-corrected chi connectivity index (χ1v) is 7.50. The molecule has 3 aromatic heterocycles. The van der Waals surface area contributed by atoms with E-state index in [2.05, 4.69) is 15.1 Å². The van der Waals surface area contributed by atoms with E-state index in [1.54, 1.807) is 16.9 Å². The van der Waals surface area contributed by atoms with Crippen LogP contribution in [0.25, 0.3) is 26.6 Å². The maximum absolute atomic E-state index is 12.1. The third-order valence-corrected chi connectivity index (χ3v) is 4.29. The van der Waals surface area contributed by atoms with Crippen LogP contribution in [0, 0.1) is 0 Å². The fourth-order valence-electron chi connectivity index (χ4n) is 2.20. The smallest absolute Gasteiger partial charge is 0.267 e. The van der Waals surface area contributed by atoms with Crippen molar-refractivity contribution in [2.24, 2.45) is 0 Å². The van der Waals surface area contributed by atoms with Crippen LogP contribution in [-0.4, -0.2) is 19.7 Å². The number of aromatic nitrogens is 4. The van der Waals surface area contributed by atoms with E-state index in [4.69, 9.17) is 0 Å². The molecule has 0 unspecified atom stereocenters. The second-order valence-corrected chi connectivity index (χ2v) is 5.68. The summed E-state index contributed by atoms with van der Waals surface area (Å²) in [5.41, 5.74) is 0.441. The lowest BCUT2D eigenvalue weighted by molar-refractivity contribution is 0.848. The van der Waals surface area contributed by atoms with Crippen LogP contribution in [0.5, 0.6) is 0 Å². The van der Waals surface area contributed by atoms with Crippen molar-refractivity contribution in [1.29, 1.82) is 0 Å². The molecular weight excluding hydrogens is 296 g/mol. The highest BCUT2D eigenvalue weighted by molar-refractivity contribution is 7.21. The maximum atomic E-state index is 12.1. The number of nitrogens with zero attached hydrogens (tertiary/aromatic N) is 4. The highest BCUT2D eigenvalue weighted by Gasteiger charge is 2.09. The fraction of sp³-hybridized carbons (Fsp3) is 0. The Kier molecular flexibility index (Phi) is 3.01. The zero-order valence-corrected chi connectivity index (χ0v) is 12.2. The number of pyridine rings is 1. The molecule has 0 aliphatic carbocycles. The average Bonchev–Trinajstić information content (AvgIpc) is 3.09. The van der Waals surface area contributed by atoms with Crippen LogP contribution < -0.4 is 5.56 Å². The highest BCUT2D eigenvalue weighted by atomic mass is 32.1. The second kappa shape index (κ2) is 5.16. The molecule has 0 aliphatic heterocycles. The molecule has 0 spiro atoms. The van der Waals surface area contributed by atoms with Gasteiger partial charge in [-0.2, -0.15) is 10.1 Å². The summed E-state index contributed by atoms with van der Waals surface area (Å²) in [6.45, 7) is 0. The normalized spacial score (nSPS) is 10.9. The van der Waals surface area contributed by atoms with E-state index in [1.807, 2.05) is 48.7 Å². The third-order valence-electron chi connectivity index (χ3n) is 3.22. The summed E-state index contributed by atoms with van der Waals surface area (Å²) >= 11 is 1.46. The molecular formula is C16H10N4OS. The zero-order chi connectivity index (χ0) is 14.9. The van der Waals surface area contributed by atoms with E-state index in [-0.39, 0.29) is 5.56 Å². The van der Waals surface area contributed by atoms with Crippen molar-refractivity contribution in [2.75, 3.05) is 0 Å². The molecule has 22 heavy (non-hydrogen) atoms. The lowest BCUT2D eigenvalue weighted by Gasteiger charge is -2.04. The molecule has 0 saturated carbocycles. The summed E-state index contributed by atoms with van der Waals surface area (Å²) in [6.07, 6.45) is 3.52. The van der Waals surface area contributed by atoms with Crippen LogP contribution in [0.2, 0.25) is 0 Å². The number of rotatable bonds is 2. The minimum absolute atomic E-state index is 0.226. The molecule has 3 heterocycles. The predicted octanol–water partition coefficient (Wildman–Crippen LogP) is 2.90. The fourth-order valence-corrected chi connectivity index (χ4v) is 3.16. The van der Waals surface area contributed by atoms with Gasteiger partial charge in [0.15, 0.2) is 5.82 Å². The van der Waals surface area contributed by atoms with Gasteiger partial charge in [0.1, 0.15) is 10.7 Å². The van der Waals surface area contributed by atoms with Crippen LogP contribution in [0.15, 0.2) is 65.7 Å². The number of fused-ring (bicyclic) bond motifs is 1. The van der Waals surface area contributed by atoms with Crippen molar-refractivity contribution < 1.29 is 0 Å². The van der Waals surface area contributed by atoms with Crippen LogP contribution in [0.1, 0.15) is 0 Å². The van der Waals surface area contributed by atoms with E-state index < -0.39 is 0 Å². The van der Waals surface area contributed by atoms with Crippen LogP contribution >= 0.6 is 11.3 Å². The van der Waals surface area contributed by atoms with Crippen molar-refractivity contribution in [3.63, 3.8) is 0 Å². The van der Waals surface area contributed by atoms with Gasteiger partial charge in [0.25, 0.3) is 5.56 Å². The summed E-state index contributed by atoms with van der Waals surface area (Å²) in [4.78, 5) is 20.8. The summed E-state index contributed by atoms with van der Waals surface area (Å²) in [5.74, 6) is 0.692. The summed E-state index contributed by atoms with van der Waals surface area (Å²) < 4.78 is 2.58. The molecule has 0 bridgehead atoms. The van der Waals surface area contributed by atoms with Crippen LogP contribution in [0.4, 0.5) is 0 Å². The molecule has 0 radical (unpaired) electrons. The Morgan fingerprint density at radius 1 is 0.955 bits per heavy atom. The first-order chi connectivity index (χ1) is 10.8. The topological polar surface area (TPSA) is 60.7 Å². The predicted molar refractivity (Wildman–Crippen MR) is 86.2 cm³/mol. The molecule has 0 amide bonds. The Morgan fingerprint density at radius 2 is 1.86 bits per heavy atom. The van der Waals surface area contributed by atoms with Gasteiger partial charge in [-0.1, -0.05) is 18.2 Å². The molecule has 0 N–H and O–H groups in total.